The van der Waals surface area contributed by atoms with Crippen LogP contribution in [0.2, 0.25) is 0 Å². The van der Waals surface area contributed by atoms with Crippen LogP contribution < -0.4 is 15.5 Å². The molecule has 0 spiro atoms. The number of hydrogen-bond donors (Lipinski definition) is 2. The zero-order chi connectivity index (χ0) is 17.2. The summed E-state index contributed by atoms with van der Waals surface area (Å²) in [6.45, 7) is 4.72. The van der Waals surface area contributed by atoms with Gasteiger partial charge in [0.1, 0.15) is 12.4 Å². The Kier molecular flexibility index (Phi) is 7.45. The number of ether oxygens (including phenoxy) is 1. The van der Waals surface area contributed by atoms with E-state index in [9.17, 15) is 0 Å². The Hall–Kier alpha value is -2.18. The molecule has 0 saturated heterocycles. The summed E-state index contributed by atoms with van der Waals surface area (Å²) in [5.74, 6) is 0.786. The van der Waals surface area contributed by atoms with Gasteiger partial charge < -0.3 is 10.1 Å². The molecule has 0 unspecified atom stereocenters. The summed E-state index contributed by atoms with van der Waals surface area (Å²) in [7, 11) is 0. The number of halogens is 1. The molecule has 2 aromatic rings. The SMILES string of the molecule is C=CCNC(=S)N/N=C\c1cccc(OCc2ccc(Br)cc2)c1. The third-order valence-corrected chi connectivity index (χ3v) is 3.73. The number of nitrogens with zero attached hydrogens (tertiary/aromatic N) is 1. The van der Waals surface area contributed by atoms with Crippen LogP contribution in [0.4, 0.5) is 0 Å². The molecule has 0 aliphatic heterocycles. The van der Waals surface area contributed by atoms with Gasteiger partial charge in [-0.05, 0) is 47.6 Å². The minimum atomic E-state index is 0.453. The molecule has 2 N–H and O–H groups in total. The first-order valence-corrected chi connectivity index (χ1v) is 8.52. The van der Waals surface area contributed by atoms with Crippen LogP contribution in [0.15, 0.2) is 70.8 Å². The van der Waals surface area contributed by atoms with Gasteiger partial charge in [0.25, 0.3) is 0 Å². The summed E-state index contributed by atoms with van der Waals surface area (Å²) in [5.41, 5.74) is 4.77. The largest absolute Gasteiger partial charge is 0.489 e. The van der Waals surface area contributed by atoms with Crippen molar-refractivity contribution in [3.05, 3.63) is 76.8 Å². The lowest BCUT2D eigenvalue weighted by Gasteiger charge is -2.07. The molecule has 6 heteroatoms. The highest BCUT2D eigenvalue weighted by atomic mass is 79.9. The lowest BCUT2D eigenvalue weighted by Crippen LogP contribution is -2.31. The summed E-state index contributed by atoms with van der Waals surface area (Å²) in [6.07, 6.45) is 3.41. The Labute approximate surface area is 155 Å². The first kappa shape index (κ1) is 18.2. The van der Waals surface area contributed by atoms with Crippen molar-refractivity contribution in [1.82, 2.24) is 10.7 Å². The summed E-state index contributed by atoms with van der Waals surface area (Å²) < 4.78 is 6.86. The van der Waals surface area contributed by atoms with Crippen molar-refractivity contribution in [2.45, 2.75) is 6.61 Å². The van der Waals surface area contributed by atoms with E-state index in [1.54, 1.807) is 12.3 Å². The smallest absolute Gasteiger partial charge is 0.187 e. The minimum Gasteiger partial charge on any atom is -0.489 e. The monoisotopic (exact) mass is 403 g/mol. The molecule has 2 rings (SSSR count). The van der Waals surface area contributed by atoms with E-state index in [0.29, 0.717) is 18.3 Å². The molecule has 0 heterocycles. The van der Waals surface area contributed by atoms with Crippen LogP contribution in [0.5, 0.6) is 5.75 Å². The van der Waals surface area contributed by atoms with Gasteiger partial charge >= 0.3 is 0 Å². The third-order valence-electron chi connectivity index (χ3n) is 2.96. The summed E-state index contributed by atoms with van der Waals surface area (Å²) >= 11 is 8.47. The zero-order valence-electron chi connectivity index (χ0n) is 13.0. The molecule has 4 nitrogen and oxygen atoms in total. The molecule has 2 aromatic carbocycles. The van der Waals surface area contributed by atoms with Crippen molar-refractivity contribution in [2.24, 2.45) is 5.10 Å². The summed E-state index contributed by atoms with van der Waals surface area (Å²) in [5, 5.41) is 7.48. The van der Waals surface area contributed by atoms with Gasteiger partial charge in [-0.25, -0.2) is 0 Å². The second-order valence-corrected chi connectivity index (χ2v) is 6.18. The minimum absolute atomic E-state index is 0.453. The lowest BCUT2D eigenvalue weighted by molar-refractivity contribution is 0.306. The highest BCUT2D eigenvalue weighted by Gasteiger charge is 1.98. The fourth-order valence-corrected chi connectivity index (χ4v) is 2.20. The zero-order valence-corrected chi connectivity index (χ0v) is 15.4. The molecule has 0 aromatic heterocycles. The van der Waals surface area contributed by atoms with Crippen molar-refractivity contribution in [1.29, 1.82) is 0 Å². The van der Waals surface area contributed by atoms with Crippen LogP contribution >= 0.6 is 28.1 Å². The fraction of sp³-hybridized carbons (Fsp3) is 0.111. The van der Waals surface area contributed by atoms with E-state index in [-0.39, 0.29) is 0 Å². The molecular formula is C18H18BrN3OS. The third kappa shape index (κ3) is 6.52. The normalized spacial score (nSPS) is 10.4. The van der Waals surface area contributed by atoms with Crippen LogP contribution in [-0.4, -0.2) is 17.9 Å². The first-order valence-electron chi connectivity index (χ1n) is 7.32. The van der Waals surface area contributed by atoms with Crippen molar-refractivity contribution in [3.63, 3.8) is 0 Å². The second-order valence-electron chi connectivity index (χ2n) is 4.86. The van der Waals surface area contributed by atoms with Crippen LogP contribution in [0.1, 0.15) is 11.1 Å². The van der Waals surface area contributed by atoms with Gasteiger partial charge in [-0.1, -0.05) is 46.3 Å². The number of benzene rings is 2. The molecule has 124 valence electrons. The number of nitrogens with one attached hydrogen (secondary N) is 2. The van der Waals surface area contributed by atoms with Crippen LogP contribution in [0.25, 0.3) is 0 Å². The van der Waals surface area contributed by atoms with E-state index in [0.717, 1.165) is 21.3 Å². The Morgan fingerprint density at radius 3 is 2.79 bits per heavy atom. The highest BCUT2D eigenvalue weighted by molar-refractivity contribution is 9.10. The average molecular weight is 404 g/mol. The molecule has 0 aliphatic rings. The average Bonchev–Trinajstić information content (AvgIpc) is 2.60. The number of hydrazone groups is 1. The van der Waals surface area contributed by atoms with Gasteiger partial charge in [-0.3, -0.25) is 5.43 Å². The van der Waals surface area contributed by atoms with Gasteiger partial charge in [0.05, 0.1) is 6.21 Å². The molecule has 0 bridgehead atoms. The quantitative estimate of drug-likeness (QED) is 0.317. The Morgan fingerprint density at radius 1 is 1.25 bits per heavy atom. The van der Waals surface area contributed by atoms with Gasteiger partial charge in [0.2, 0.25) is 0 Å². The van der Waals surface area contributed by atoms with E-state index in [1.807, 2.05) is 48.5 Å². The predicted octanol–water partition coefficient (Wildman–Crippen LogP) is 4.01. The molecule has 24 heavy (non-hydrogen) atoms. The van der Waals surface area contributed by atoms with Crippen molar-refractivity contribution < 1.29 is 4.74 Å². The Bertz CT molecular complexity index is 716. The topological polar surface area (TPSA) is 45.7 Å². The summed E-state index contributed by atoms with van der Waals surface area (Å²) in [4.78, 5) is 0. The molecule has 0 fully saturated rings. The summed E-state index contributed by atoms with van der Waals surface area (Å²) in [6, 6.07) is 15.7. The number of thiocarbonyl (C=S) groups is 1. The van der Waals surface area contributed by atoms with Gasteiger partial charge in [0, 0.05) is 11.0 Å². The van der Waals surface area contributed by atoms with Crippen molar-refractivity contribution in [2.75, 3.05) is 6.54 Å². The molecule has 0 aliphatic carbocycles. The van der Waals surface area contributed by atoms with E-state index in [4.69, 9.17) is 17.0 Å². The second kappa shape index (κ2) is 9.85. The maximum atomic E-state index is 5.81. The molecule has 0 saturated carbocycles. The van der Waals surface area contributed by atoms with E-state index in [2.05, 4.69) is 38.4 Å². The molecular weight excluding hydrogens is 386 g/mol. The van der Waals surface area contributed by atoms with Gasteiger partial charge in [0.15, 0.2) is 5.11 Å². The lowest BCUT2D eigenvalue weighted by atomic mass is 10.2. The Balaban J connectivity index is 1.87. The highest BCUT2D eigenvalue weighted by Crippen LogP contribution is 2.16. The van der Waals surface area contributed by atoms with Crippen LogP contribution in [0.3, 0.4) is 0 Å². The Morgan fingerprint density at radius 2 is 2.04 bits per heavy atom. The first-order chi connectivity index (χ1) is 11.7. The standard InChI is InChI=1S/C18H18BrN3OS/c1-2-10-20-18(24)22-21-12-15-4-3-5-17(11-15)23-13-14-6-8-16(19)9-7-14/h2-9,11-12H,1,10,13H2,(H2,20,22,24)/b21-12-. The maximum Gasteiger partial charge on any atom is 0.187 e. The van der Waals surface area contributed by atoms with E-state index >= 15 is 0 Å². The van der Waals surface area contributed by atoms with Gasteiger partial charge in [-0.2, -0.15) is 5.10 Å². The number of rotatable bonds is 7. The molecule has 0 atom stereocenters. The van der Waals surface area contributed by atoms with Crippen LogP contribution in [-0.2, 0) is 6.61 Å². The van der Waals surface area contributed by atoms with Gasteiger partial charge in [-0.15, -0.1) is 6.58 Å². The van der Waals surface area contributed by atoms with E-state index < -0.39 is 0 Å². The molecule has 0 amide bonds. The van der Waals surface area contributed by atoms with Crippen LogP contribution in [0, 0.1) is 0 Å². The maximum absolute atomic E-state index is 5.81. The fourth-order valence-electron chi connectivity index (χ4n) is 1.80. The van der Waals surface area contributed by atoms with E-state index in [1.165, 1.54) is 0 Å². The van der Waals surface area contributed by atoms with Crippen molar-refractivity contribution >= 4 is 39.5 Å². The van der Waals surface area contributed by atoms with Crippen molar-refractivity contribution in [3.8, 4) is 5.75 Å². The predicted molar refractivity (Wildman–Crippen MR) is 106 cm³/mol. The molecule has 0 radical (unpaired) electrons. The number of hydrogen-bond acceptors (Lipinski definition) is 3.